The van der Waals surface area contributed by atoms with E-state index in [9.17, 15) is 5.11 Å². The van der Waals surface area contributed by atoms with E-state index < -0.39 is 0 Å². The molecule has 76 valence electrons. The van der Waals surface area contributed by atoms with Crippen molar-refractivity contribution >= 4 is 0 Å². The normalized spacial score (nSPS) is 28.3. The van der Waals surface area contributed by atoms with Gasteiger partial charge in [0, 0.05) is 0 Å². The Balaban J connectivity index is 2.19. The minimum Gasteiger partial charge on any atom is -0.389 e. The molecule has 0 spiro atoms. The second-order valence-electron chi connectivity index (χ2n) is 3.97. The van der Waals surface area contributed by atoms with E-state index in [0.717, 1.165) is 19.4 Å². The Hall–Kier alpha value is -0.340. The summed E-state index contributed by atoms with van der Waals surface area (Å²) >= 11 is 0. The van der Waals surface area contributed by atoms with E-state index in [2.05, 4.69) is 24.9 Å². The zero-order valence-electron chi connectivity index (χ0n) is 8.74. The van der Waals surface area contributed by atoms with E-state index in [4.69, 9.17) is 0 Å². The van der Waals surface area contributed by atoms with Crippen LogP contribution in [0.1, 0.15) is 26.2 Å². The maximum absolute atomic E-state index is 9.25. The van der Waals surface area contributed by atoms with Crippen molar-refractivity contribution in [2.75, 3.05) is 20.1 Å². The van der Waals surface area contributed by atoms with Gasteiger partial charge in [-0.1, -0.05) is 19.1 Å². The maximum atomic E-state index is 9.25. The van der Waals surface area contributed by atoms with Crippen LogP contribution >= 0.6 is 0 Å². The molecule has 1 aliphatic rings. The van der Waals surface area contributed by atoms with Crippen LogP contribution in [-0.4, -0.2) is 36.2 Å². The Bertz CT molecular complexity index is 167. The third kappa shape index (κ3) is 3.92. The van der Waals surface area contributed by atoms with Crippen molar-refractivity contribution in [1.82, 2.24) is 4.90 Å². The van der Waals surface area contributed by atoms with Gasteiger partial charge in [-0.3, -0.25) is 0 Å². The lowest BCUT2D eigenvalue weighted by Crippen LogP contribution is -2.22. The van der Waals surface area contributed by atoms with Crippen molar-refractivity contribution in [1.29, 1.82) is 0 Å². The van der Waals surface area contributed by atoms with Gasteiger partial charge in [-0.05, 0) is 45.3 Å². The fourth-order valence-electron chi connectivity index (χ4n) is 1.65. The summed E-state index contributed by atoms with van der Waals surface area (Å²) in [7, 11) is 2.15. The van der Waals surface area contributed by atoms with Crippen molar-refractivity contribution in [2.24, 2.45) is 5.92 Å². The van der Waals surface area contributed by atoms with E-state index >= 15 is 0 Å². The highest BCUT2D eigenvalue weighted by Crippen LogP contribution is 2.20. The predicted molar refractivity (Wildman–Crippen MR) is 55.7 cm³/mol. The van der Waals surface area contributed by atoms with E-state index in [1.54, 1.807) is 0 Å². The van der Waals surface area contributed by atoms with Gasteiger partial charge >= 0.3 is 0 Å². The van der Waals surface area contributed by atoms with Gasteiger partial charge < -0.3 is 10.0 Å². The molecule has 0 aliphatic heterocycles. The summed E-state index contributed by atoms with van der Waals surface area (Å²) in [6.45, 7) is 4.47. The molecule has 0 heterocycles. The third-order valence-corrected chi connectivity index (χ3v) is 2.86. The third-order valence-electron chi connectivity index (χ3n) is 2.86. The van der Waals surface area contributed by atoms with E-state index in [0.29, 0.717) is 5.92 Å². The molecule has 2 atom stereocenters. The molecule has 1 rings (SSSR count). The first-order valence-electron chi connectivity index (χ1n) is 5.27. The average molecular weight is 183 g/mol. The van der Waals surface area contributed by atoms with Crippen LogP contribution in [0.2, 0.25) is 0 Å². The van der Waals surface area contributed by atoms with Gasteiger partial charge in [-0.25, -0.2) is 0 Å². The molecule has 0 aromatic carbocycles. The van der Waals surface area contributed by atoms with Gasteiger partial charge in [0.1, 0.15) is 0 Å². The molecule has 0 fully saturated rings. The smallest absolute Gasteiger partial charge is 0.0721 e. The molecule has 0 bridgehead atoms. The molecule has 0 saturated heterocycles. The lowest BCUT2D eigenvalue weighted by molar-refractivity contribution is 0.190. The van der Waals surface area contributed by atoms with Gasteiger partial charge in [0.15, 0.2) is 0 Å². The van der Waals surface area contributed by atoms with Crippen molar-refractivity contribution in [3.05, 3.63) is 12.2 Å². The Labute approximate surface area is 81.2 Å². The molecule has 0 saturated carbocycles. The Morgan fingerprint density at radius 2 is 2.15 bits per heavy atom. The molecule has 0 aromatic heterocycles. The van der Waals surface area contributed by atoms with Gasteiger partial charge in [-0.15, -0.1) is 0 Å². The van der Waals surface area contributed by atoms with E-state index in [-0.39, 0.29) is 6.10 Å². The minimum atomic E-state index is -0.180. The SMILES string of the molecule is CCN(C)CCC1C=CC(O)CC1. The first kappa shape index (κ1) is 10.7. The highest BCUT2D eigenvalue weighted by Gasteiger charge is 2.13. The topological polar surface area (TPSA) is 23.5 Å². The van der Waals surface area contributed by atoms with Gasteiger partial charge in [0.05, 0.1) is 6.10 Å². The number of aliphatic hydroxyl groups is 1. The molecular formula is C11H21NO. The molecule has 13 heavy (non-hydrogen) atoms. The molecule has 2 heteroatoms. The van der Waals surface area contributed by atoms with Crippen LogP contribution in [0.3, 0.4) is 0 Å². The highest BCUT2D eigenvalue weighted by molar-refractivity contribution is 4.98. The van der Waals surface area contributed by atoms with Gasteiger partial charge in [-0.2, -0.15) is 0 Å². The minimum absolute atomic E-state index is 0.180. The molecule has 1 N–H and O–H groups in total. The number of aliphatic hydroxyl groups excluding tert-OH is 1. The summed E-state index contributed by atoms with van der Waals surface area (Å²) in [4.78, 5) is 2.33. The zero-order chi connectivity index (χ0) is 9.68. The number of rotatable bonds is 4. The van der Waals surface area contributed by atoms with Crippen LogP contribution in [0.4, 0.5) is 0 Å². The van der Waals surface area contributed by atoms with Crippen LogP contribution in [0, 0.1) is 5.92 Å². The first-order valence-corrected chi connectivity index (χ1v) is 5.27. The summed E-state index contributed by atoms with van der Waals surface area (Å²) in [5.74, 6) is 0.692. The van der Waals surface area contributed by atoms with Gasteiger partial charge in [0.25, 0.3) is 0 Å². The fraction of sp³-hybridized carbons (Fsp3) is 0.818. The summed E-state index contributed by atoms with van der Waals surface area (Å²) < 4.78 is 0. The second-order valence-corrected chi connectivity index (χ2v) is 3.97. The number of hydrogen-bond acceptors (Lipinski definition) is 2. The lowest BCUT2D eigenvalue weighted by atomic mass is 9.91. The summed E-state index contributed by atoms with van der Waals surface area (Å²) in [5.41, 5.74) is 0. The van der Waals surface area contributed by atoms with Crippen LogP contribution < -0.4 is 0 Å². The highest BCUT2D eigenvalue weighted by atomic mass is 16.3. The van der Waals surface area contributed by atoms with Crippen LogP contribution in [0.5, 0.6) is 0 Å². The maximum Gasteiger partial charge on any atom is 0.0721 e. The monoisotopic (exact) mass is 183 g/mol. The van der Waals surface area contributed by atoms with Crippen molar-refractivity contribution in [2.45, 2.75) is 32.3 Å². The predicted octanol–water partition coefficient (Wildman–Crippen LogP) is 1.66. The van der Waals surface area contributed by atoms with Crippen molar-refractivity contribution in [3.63, 3.8) is 0 Å². The molecule has 0 amide bonds. The molecule has 0 aromatic rings. The van der Waals surface area contributed by atoms with E-state index in [1.165, 1.54) is 13.0 Å². The second kappa shape index (κ2) is 5.40. The molecule has 1 aliphatic carbocycles. The molecule has 2 unspecified atom stereocenters. The lowest BCUT2D eigenvalue weighted by Gasteiger charge is -2.22. The fourth-order valence-corrected chi connectivity index (χ4v) is 1.65. The summed E-state index contributed by atoms with van der Waals surface area (Å²) in [6.07, 6.45) is 7.26. The van der Waals surface area contributed by atoms with Crippen LogP contribution in [0.25, 0.3) is 0 Å². The number of hydrogen-bond donors (Lipinski definition) is 1. The number of nitrogens with zero attached hydrogens (tertiary/aromatic N) is 1. The van der Waals surface area contributed by atoms with Gasteiger partial charge in [0.2, 0.25) is 0 Å². The number of allylic oxidation sites excluding steroid dienone is 1. The largest absolute Gasteiger partial charge is 0.389 e. The molecular weight excluding hydrogens is 162 g/mol. The summed E-state index contributed by atoms with van der Waals surface area (Å²) in [6, 6.07) is 0. The average Bonchev–Trinajstić information content (AvgIpc) is 2.16. The Morgan fingerprint density at radius 3 is 2.69 bits per heavy atom. The Kier molecular flexibility index (Phi) is 4.46. The Morgan fingerprint density at radius 1 is 1.38 bits per heavy atom. The van der Waals surface area contributed by atoms with Crippen LogP contribution in [0.15, 0.2) is 12.2 Å². The molecule has 0 radical (unpaired) electrons. The van der Waals surface area contributed by atoms with Crippen molar-refractivity contribution < 1.29 is 5.11 Å². The van der Waals surface area contributed by atoms with Crippen molar-refractivity contribution in [3.8, 4) is 0 Å². The quantitative estimate of drug-likeness (QED) is 0.670. The summed E-state index contributed by atoms with van der Waals surface area (Å²) in [5, 5.41) is 9.25. The molecule has 2 nitrogen and oxygen atoms in total. The van der Waals surface area contributed by atoms with E-state index in [1.807, 2.05) is 6.08 Å². The first-order chi connectivity index (χ1) is 6.22. The standard InChI is InChI=1S/C11H21NO/c1-3-12(2)9-8-10-4-6-11(13)7-5-10/h4,6,10-11,13H,3,5,7-9H2,1-2H3. The zero-order valence-corrected chi connectivity index (χ0v) is 8.74. The van der Waals surface area contributed by atoms with Crippen LogP contribution in [-0.2, 0) is 0 Å².